The smallest absolute Gasteiger partial charge is 0.337 e. The van der Waals surface area contributed by atoms with Crippen LogP contribution in [-0.2, 0) is 6.54 Å². The highest BCUT2D eigenvalue weighted by Gasteiger charge is 2.09. The molecular formula is C14H10BrClFNO2. The van der Waals surface area contributed by atoms with E-state index < -0.39 is 5.97 Å². The zero-order valence-corrected chi connectivity index (χ0v) is 12.5. The van der Waals surface area contributed by atoms with Gasteiger partial charge in [0.1, 0.15) is 5.82 Å². The van der Waals surface area contributed by atoms with Gasteiger partial charge >= 0.3 is 5.97 Å². The Balaban J connectivity index is 2.12. The van der Waals surface area contributed by atoms with E-state index in [0.29, 0.717) is 16.7 Å². The standard InChI is InChI=1S/C14H10BrClFNO2/c15-11-3-1-8(5-13(11)17)7-18-9-2-4-12(16)10(6-9)14(19)20/h1-6,18H,7H2,(H,19,20). The molecule has 6 heteroatoms. The predicted molar refractivity (Wildman–Crippen MR) is 79.8 cm³/mol. The largest absolute Gasteiger partial charge is 0.478 e. The Bertz CT molecular complexity index is 664. The molecule has 0 unspecified atom stereocenters. The number of nitrogens with one attached hydrogen (secondary N) is 1. The van der Waals surface area contributed by atoms with Crippen molar-refractivity contribution >= 4 is 39.2 Å². The van der Waals surface area contributed by atoms with Crippen LogP contribution in [0.25, 0.3) is 0 Å². The third-order valence-corrected chi connectivity index (χ3v) is 3.65. The number of aromatic carboxylic acids is 1. The highest BCUT2D eigenvalue weighted by molar-refractivity contribution is 9.10. The summed E-state index contributed by atoms with van der Waals surface area (Å²) in [5.74, 6) is -1.43. The molecule has 0 atom stereocenters. The van der Waals surface area contributed by atoms with Crippen LogP contribution in [0.1, 0.15) is 15.9 Å². The molecule has 0 spiro atoms. The average molecular weight is 359 g/mol. The van der Waals surface area contributed by atoms with E-state index in [0.717, 1.165) is 5.56 Å². The summed E-state index contributed by atoms with van der Waals surface area (Å²) >= 11 is 8.87. The monoisotopic (exact) mass is 357 g/mol. The van der Waals surface area contributed by atoms with E-state index in [1.807, 2.05) is 0 Å². The minimum absolute atomic E-state index is 0.0265. The van der Waals surface area contributed by atoms with Crippen LogP contribution in [0.4, 0.5) is 10.1 Å². The molecule has 2 aromatic carbocycles. The first kappa shape index (κ1) is 14.8. The molecule has 0 aromatic heterocycles. The first-order chi connectivity index (χ1) is 9.47. The number of rotatable bonds is 4. The normalized spacial score (nSPS) is 10.3. The van der Waals surface area contributed by atoms with Crippen LogP contribution in [0.15, 0.2) is 40.9 Å². The van der Waals surface area contributed by atoms with Crippen molar-refractivity contribution in [3.63, 3.8) is 0 Å². The SMILES string of the molecule is O=C(O)c1cc(NCc2ccc(Br)c(F)c2)ccc1Cl. The number of carbonyl (C=O) groups is 1. The van der Waals surface area contributed by atoms with Crippen molar-refractivity contribution in [3.8, 4) is 0 Å². The lowest BCUT2D eigenvalue weighted by Gasteiger charge is -2.09. The maximum atomic E-state index is 13.4. The summed E-state index contributed by atoms with van der Waals surface area (Å²) in [6.07, 6.45) is 0. The van der Waals surface area contributed by atoms with E-state index in [4.69, 9.17) is 16.7 Å². The summed E-state index contributed by atoms with van der Waals surface area (Å²) in [5.41, 5.74) is 1.38. The summed E-state index contributed by atoms with van der Waals surface area (Å²) in [6.45, 7) is 0.380. The highest BCUT2D eigenvalue weighted by atomic mass is 79.9. The van der Waals surface area contributed by atoms with Crippen molar-refractivity contribution in [3.05, 3.63) is 62.8 Å². The van der Waals surface area contributed by atoms with Gasteiger partial charge in [-0.15, -0.1) is 0 Å². The number of halogens is 3. The van der Waals surface area contributed by atoms with Crippen molar-refractivity contribution in [2.24, 2.45) is 0 Å². The van der Waals surface area contributed by atoms with E-state index >= 15 is 0 Å². The first-order valence-electron chi connectivity index (χ1n) is 5.68. The molecule has 2 rings (SSSR count). The Morgan fingerprint density at radius 2 is 2.05 bits per heavy atom. The molecule has 2 aromatic rings. The molecule has 0 bridgehead atoms. The van der Waals surface area contributed by atoms with Gasteiger partial charge in [0, 0.05) is 12.2 Å². The first-order valence-corrected chi connectivity index (χ1v) is 6.85. The Hall–Kier alpha value is -1.59. The topological polar surface area (TPSA) is 49.3 Å². The lowest BCUT2D eigenvalue weighted by atomic mass is 10.2. The van der Waals surface area contributed by atoms with Gasteiger partial charge in [0.05, 0.1) is 15.1 Å². The summed E-state index contributed by atoms with van der Waals surface area (Å²) < 4.78 is 13.8. The number of carboxylic acids is 1. The van der Waals surface area contributed by atoms with Gasteiger partial charge in [-0.1, -0.05) is 17.7 Å². The molecule has 0 saturated carbocycles. The van der Waals surface area contributed by atoms with Crippen molar-refractivity contribution in [1.29, 1.82) is 0 Å². The summed E-state index contributed by atoms with van der Waals surface area (Å²) in [7, 11) is 0. The number of anilines is 1. The van der Waals surface area contributed by atoms with Gasteiger partial charge in [0.2, 0.25) is 0 Å². The summed E-state index contributed by atoms with van der Waals surface area (Å²) in [4.78, 5) is 11.0. The second kappa shape index (κ2) is 6.24. The molecule has 0 aliphatic carbocycles. The zero-order valence-electron chi connectivity index (χ0n) is 10.2. The molecule has 104 valence electrons. The fourth-order valence-corrected chi connectivity index (χ4v) is 2.10. The third-order valence-electron chi connectivity index (χ3n) is 2.68. The van der Waals surface area contributed by atoms with Crippen molar-refractivity contribution in [2.75, 3.05) is 5.32 Å². The van der Waals surface area contributed by atoms with E-state index in [1.165, 1.54) is 18.2 Å². The highest BCUT2D eigenvalue weighted by Crippen LogP contribution is 2.22. The van der Waals surface area contributed by atoms with Crippen LogP contribution in [0.5, 0.6) is 0 Å². The van der Waals surface area contributed by atoms with Crippen LogP contribution in [0.3, 0.4) is 0 Å². The van der Waals surface area contributed by atoms with Crippen LogP contribution < -0.4 is 5.32 Å². The third kappa shape index (κ3) is 3.49. The average Bonchev–Trinajstić information content (AvgIpc) is 2.41. The predicted octanol–water partition coefficient (Wildman–Crippen LogP) is 4.55. The Kier molecular flexibility index (Phi) is 4.62. The summed E-state index contributed by atoms with van der Waals surface area (Å²) in [5, 5.41) is 12.2. The molecule has 20 heavy (non-hydrogen) atoms. The molecule has 0 amide bonds. The van der Waals surface area contributed by atoms with Crippen LogP contribution in [0, 0.1) is 5.82 Å². The number of hydrogen-bond donors (Lipinski definition) is 2. The molecule has 3 nitrogen and oxygen atoms in total. The van der Waals surface area contributed by atoms with Crippen LogP contribution in [0.2, 0.25) is 5.02 Å². The van der Waals surface area contributed by atoms with Crippen LogP contribution in [-0.4, -0.2) is 11.1 Å². The zero-order chi connectivity index (χ0) is 14.7. The van der Waals surface area contributed by atoms with E-state index in [-0.39, 0.29) is 16.4 Å². The van der Waals surface area contributed by atoms with Gasteiger partial charge in [0.15, 0.2) is 0 Å². The maximum Gasteiger partial charge on any atom is 0.337 e. The second-order valence-corrected chi connectivity index (χ2v) is 5.36. The second-order valence-electron chi connectivity index (χ2n) is 4.10. The molecule has 0 heterocycles. The Labute approximate surface area is 128 Å². The number of carboxylic acid groups (broad SMARTS) is 1. The van der Waals surface area contributed by atoms with E-state index in [1.54, 1.807) is 18.2 Å². The molecule has 0 radical (unpaired) electrons. The van der Waals surface area contributed by atoms with E-state index in [2.05, 4.69) is 21.2 Å². The van der Waals surface area contributed by atoms with Gasteiger partial charge in [-0.3, -0.25) is 0 Å². The Morgan fingerprint density at radius 3 is 2.70 bits per heavy atom. The van der Waals surface area contributed by atoms with Crippen molar-refractivity contribution in [1.82, 2.24) is 0 Å². The quantitative estimate of drug-likeness (QED) is 0.843. The van der Waals surface area contributed by atoms with Gasteiger partial charge in [0.25, 0.3) is 0 Å². The van der Waals surface area contributed by atoms with Gasteiger partial charge in [-0.2, -0.15) is 0 Å². The number of benzene rings is 2. The minimum Gasteiger partial charge on any atom is -0.478 e. The molecule has 2 N–H and O–H groups in total. The number of hydrogen-bond acceptors (Lipinski definition) is 2. The Morgan fingerprint density at radius 1 is 1.30 bits per heavy atom. The van der Waals surface area contributed by atoms with Crippen LogP contribution >= 0.6 is 27.5 Å². The molecule has 0 saturated heterocycles. The lowest BCUT2D eigenvalue weighted by molar-refractivity contribution is 0.0697. The van der Waals surface area contributed by atoms with Gasteiger partial charge in [-0.05, 0) is 51.8 Å². The molecule has 0 fully saturated rings. The lowest BCUT2D eigenvalue weighted by Crippen LogP contribution is -2.03. The molecule has 0 aliphatic rings. The maximum absolute atomic E-state index is 13.4. The fourth-order valence-electron chi connectivity index (χ4n) is 1.65. The molecule has 0 aliphatic heterocycles. The van der Waals surface area contributed by atoms with E-state index in [9.17, 15) is 9.18 Å². The van der Waals surface area contributed by atoms with Gasteiger partial charge < -0.3 is 10.4 Å². The molecular weight excluding hydrogens is 349 g/mol. The minimum atomic E-state index is -1.09. The summed E-state index contributed by atoms with van der Waals surface area (Å²) in [6, 6.07) is 9.43. The fraction of sp³-hybridized carbons (Fsp3) is 0.0714. The van der Waals surface area contributed by atoms with Gasteiger partial charge in [-0.25, -0.2) is 9.18 Å². The van der Waals surface area contributed by atoms with Crippen molar-refractivity contribution in [2.45, 2.75) is 6.54 Å². The van der Waals surface area contributed by atoms with Crippen molar-refractivity contribution < 1.29 is 14.3 Å².